The van der Waals surface area contributed by atoms with Crippen LogP contribution < -0.4 is 15.0 Å². The van der Waals surface area contributed by atoms with E-state index in [1.54, 1.807) is 38.1 Å². The van der Waals surface area contributed by atoms with E-state index in [0.717, 1.165) is 4.68 Å². The van der Waals surface area contributed by atoms with E-state index in [-0.39, 0.29) is 5.56 Å². The van der Waals surface area contributed by atoms with Gasteiger partial charge in [-0.25, -0.2) is 4.68 Å². The van der Waals surface area contributed by atoms with Crippen LogP contribution in [0.15, 0.2) is 34.2 Å². The predicted octanol–water partition coefficient (Wildman–Crippen LogP) is 2.15. The van der Waals surface area contributed by atoms with E-state index in [1.807, 2.05) is 6.07 Å². The molecular weight excluding hydrogens is 322 g/mol. The third-order valence-electron chi connectivity index (χ3n) is 3.44. The molecule has 1 heterocycles. The smallest absolute Gasteiger partial charge is 0.308 e. The number of benzene rings is 1. The van der Waals surface area contributed by atoms with E-state index >= 15 is 0 Å². The Morgan fingerprint density at radius 2 is 2.00 bits per heavy atom. The number of ether oxygens (including phenoxy) is 2. The van der Waals surface area contributed by atoms with E-state index in [4.69, 9.17) is 14.7 Å². The Morgan fingerprint density at radius 1 is 1.28 bits per heavy atom. The maximum Gasteiger partial charge on any atom is 0.308 e. The number of methoxy groups -OCH3 is 1. The summed E-state index contributed by atoms with van der Waals surface area (Å²) in [6, 6.07) is 8.50. The SMILES string of the molecule is COc1cc(/C=N/n2c(C)cc(C)c(C#N)c2=O)ccc1OC(C)=O. The van der Waals surface area contributed by atoms with Gasteiger partial charge >= 0.3 is 5.97 Å². The number of nitriles is 1. The predicted molar refractivity (Wildman–Crippen MR) is 92.2 cm³/mol. The summed E-state index contributed by atoms with van der Waals surface area (Å²) >= 11 is 0. The first-order chi connectivity index (χ1) is 11.9. The van der Waals surface area contributed by atoms with Crippen LogP contribution in [0, 0.1) is 25.2 Å². The zero-order valence-electron chi connectivity index (χ0n) is 14.4. The van der Waals surface area contributed by atoms with Crippen molar-refractivity contribution in [1.29, 1.82) is 5.26 Å². The van der Waals surface area contributed by atoms with Crippen molar-refractivity contribution >= 4 is 12.2 Å². The van der Waals surface area contributed by atoms with E-state index < -0.39 is 11.5 Å². The first-order valence-corrected chi connectivity index (χ1v) is 7.41. The number of nitrogens with zero attached hydrogens (tertiary/aromatic N) is 3. The highest BCUT2D eigenvalue weighted by Gasteiger charge is 2.10. The first-order valence-electron chi connectivity index (χ1n) is 7.41. The highest BCUT2D eigenvalue weighted by atomic mass is 16.6. The van der Waals surface area contributed by atoms with Gasteiger partial charge < -0.3 is 9.47 Å². The molecule has 0 spiro atoms. The molecule has 0 fully saturated rings. The fraction of sp³-hybridized carbons (Fsp3) is 0.222. The first kappa shape index (κ1) is 17.9. The van der Waals surface area contributed by atoms with Crippen LogP contribution in [0.1, 0.15) is 29.3 Å². The molecule has 0 aliphatic carbocycles. The van der Waals surface area contributed by atoms with Crippen molar-refractivity contribution in [1.82, 2.24) is 4.68 Å². The van der Waals surface area contributed by atoms with Gasteiger partial charge in [0.15, 0.2) is 11.5 Å². The molecule has 2 aromatic rings. The Morgan fingerprint density at radius 3 is 2.60 bits per heavy atom. The molecule has 7 heteroatoms. The average molecular weight is 339 g/mol. The third-order valence-corrected chi connectivity index (χ3v) is 3.44. The summed E-state index contributed by atoms with van der Waals surface area (Å²) in [5.41, 5.74) is 1.45. The zero-order chi connectivity index (χ0) is 18.6. The molecule has 0 unspecified atom stereocenters. The van der Waals surface area contributed by atoms with E-state index in [9.17, 15) is 9.59 Å². The number of carbonyl (C=O) groups is 1. The number of rotatable bonds is 4. The van der Waals surface area contributed by atoms with Gasteiger partial charge in [0.2, 0.25) is 0 Å². The molecule has 128 valence electrons. The molecule has 1 aromatic carbocycles. The second-order valence-corrected chi connectivity index (χ2v) is 5.32. The molecule has 2 rings (SSSR count). The lowest BCUT2D eigenvalue weighted by Crippen LogP contribution is -2.22. The van der Waals surface area contributed by atoms with Gasteiger partial charge in [-0.15, -0.1) is 0 Å². The van der Waals surface area contributed by atoms with Crippen LogP contribution in [-0.4, -0.2) is 24.0 Å². The second-order valence-electron chi connectivity index (χ2n) is 5.32. The molecule has 0 saturated heterocycles. The Labute approximate surface area is 144 Å². The lowest BCUT2D eigenvalue weighted by Gasteiger charge is -2.09. The Bertz CT molecular complexity index is 952. The minimum absolute atomic E-state index is 0.0607. The molecule has 0 N–H and O–H groups in total. The maximum absolute atomic E-state index is 12.3. The lowest BCUT2D eigenvalue weighted by molar-refractivity contribution is -0.132. The monoisotopic (exact) mass is 339 g/mol. The van der Waals surface area contributed by atoms with Crippen molar-refractivity contribution in [3.8, 4) is 17.6 Å². The maximum atomic E-state index is 12.3. The van der Waals surface area contributed by atoms with Crippen LogP contribution in [0.25, 0.3) is 0 Å². The number of hydrogen-bond donors (Lipinski definition) is 0. The van der Waals surface area contributed by atoms with Crippen molar-refractivity contribution in [2.24, 2.45) is 5.10 Å². The molecule has 0 saturated carbocycles. The summed E-state index contributed by atoms with van der Waals surface area (Å²) in [5, 5.41) is 13.3. The van der Waals surface area contributed by atoms with Crippen LogP contribution in [-0.2, 0) is 4.79 Å². The fourth-order valence-corrected chi connectivity index (χ4v) is 2.29. The van der Waals surface area contributed by atoms with Gasteiger partial charge in [0.05, 0.1) is 13.3 Å². The molecule has 1 aromatic heterocycles. The second kappa shape index (κ2) is 7.45. The highest BCUT2D eigenvalue weighted by molar-refractivity contribution is 5.81. The number of hydrogen-bond acceptors (Lipinski definition) is 6. The molecule has 0 bridgehead atoms. The topological polar surface area (TPSA) is 93.7 Å². The van der Waals surface area contributed by atoms with E-state index in [0.29, 0.717) is 28.3 Å². The van der Waals surface area contributed by atoms with Crippen molar-refractivity contribution in [3.05, 3.63) is 57.0 Å². The van der Waals surface area contributed by atoms with E-state index in [1.165, 1.54) is 20.2 Å². The lowest BCUT2D eigenvalue weighted by atomic mass is 10.1. The minimum atomic E-state index is -0.472. The number of aromatic nitrogens is 1. The number of aryl methyl sites for hydroxylation is 2. The molecule has 0 aliphatic rings. The number of carbonyl (C=O) groups excluding carboxylic acids is 1. The van der Waals surface area contributed by atoms with Crippen LogP contribution >= 0.6 is 0 Å². The van der Waals surface area contributed by atoms with Crippen molar-refractivity contribution in [3.63, 3.8) is 0 Å². The summed E-state index contributed by atoms with van der Waals surface area (Å²) in [6.07, 6.45) is 1.46. The van der Waals surface area contributed by atoms with Crippen LogP contribution in [0.4, 0.5) is 0 Å². The van der Waals surface area contributed by atoms with E-state index in [2.05, 4.69) is 5.10 Å². The molecule has 0 aliphatic heterocycles. The van der Waals surface area contributed by atoms with Crippen LogP contribution in [0.3, 0.4) is 0 Å². The number of esters is 1. The van der Waals surface area contributed by atoms with Gasteiger partial charge in [-0.3, -0.25) is 9.59 Å². The molecule has 0 radical (unpaired) electrons. The molecule has 0 amide bonds. The summed E-state index contributed by atoms with van der Waals surface area (Å²) in [7, 11) is 1.46. The van der Waals surface area contributed by atoms with Gasteiger partial charge in [-0.1, -0.05) is 0 Å². The van der Waals surface area contributed by atoms with Gasteiger partial charge in [0.1, 0.15) is 11.6 Å². The fourth-order valence-electron chi connectivity index (χ4n) is 2.29. The highest BCUT2D eigenvalue weighted by Crippen LogP contribution is 2.27. The molecule has 0 atom stereocenters. The Balaban J connectivity index is 2.42. The molecular formula is C18H17N3O4. The molecule has 7 nitrogen and oxygen atoms in total. The zero-order valence-corrected chi connectivity index (χ0v) is 14.4. The quantitative estimate of drug-likeness (QED) is 0.483. The summed E-state index contributed by atoms with van der Waals surface area (Å²) in [5.74, 6) is 0.207. The third kappa shape index (κ3) is 3.93. The average Bonchev–Trinajstić information content (AvgIpc) is 2.55. The van der Waals surface area contributed by atoms with Crippen molar-refractivity contribution < 1.29 is 14.3 Å². The largest absolute Gasteiger partial charge is 0.493 e. The Kier molecular flexibility index (Phi) is 5.35. The van der Waals surface area contributed by atoms with Gasteiger partial charge in [-0.05, 0) is 49.2 Å². The minimum Gasteiger partial charge on any atom is -0.493 e. The standard InChI is InChI=1S/C18H17N3O4/c1-11-7-12(2)21(18(23)15(11)9-19)20-10-14-5-6-16(25-13(3)22)17(8-14)24-4/h5-8,10H,1-4H3/b20-10+. The van der Waals surface area contributed by atoms with Gasteiger partial charge in [0, 0.05) is 12.6 Å². The normalized spacial score (nSPS) is 10.5. The summed E-state index contributed by atoms with van der Waals surface area (Å²) in [6.45, 7) is 4.74. The number of pyridine rings is 1. The van der Waals surface area contributed by atoms with Crippen LogP contribution in [0.2, 0.25) is 0 Å². The van der Waals surface area contributed by atoms with Gasteiger partial charge in [0.25, 0.3) is 5.56 Å². The van der Waals surface area contributed by atoms with Crippen molar-refractivity contribution in [2.45, 2.75) is 20.8 Å². The summed E-state index contributed by atoms with van der Waals surface area (Å²) in [4.78, 5) is 23.4. The Hall–Kier alpha value is -3.40. The van der Waals surface area contributed by atoms with Crippen molar-refractivity contribution in [2.75, 3.05) is 7.11 Å². The molecule has 25 heavy (non-hydrogen) atoms. The van der Waals surface area contributed by atoms with Gasteiger partial charge in [-0.2, -0.15) is 10.4 Å². The summed E-state index contributed by atoms with van der Waals surface area (Å²) < 4.78 is 11.4. The van der Waals surface area contributed by atoms with Crippen LogP contribution in [0.5, 0.6) is 11.5 Å².